The molecule has 3 aromatic rings. The van der Waals surface area contributed by atoms with Gasteiger partial charge in [-0.3, -0.25) is 4.98 Å². The van der Waals surface area contributed by atoms with Crippen molar-refractivity contribution in [2.75, 3.05) is 0 Å². The van der Waals surface area contributed by atoms with Gasteiger partial charge in [0, 0.05) is 10.7 Å². The van der Waals surface area contributed by atoms with E-state index in [1.165, 1.54) is 11.3 Å². The van der Waals surface area contributed by atoms with Crippen LogP contribution in [0.2, 0.25) is 10.3 Å². The molecule has 0 aliphatic heterocycles. The molecular formula is C13H6BrCl2N3S. The summed E-state index contributed by atoms with van der Waals surface area (Å²) in [6, 6.07) is 7.65. The predicted octanol–water partition coefficient (Wildman–Crippen LogP) is 5.34. The number of hydrogen-bond acceptors (Lipinski definition) is 4. The van der Waals surface area contributed by atoms with Crippen LogP contribution < -0.4 is 0 Å². The second-order valence-corrected chi connectivity index (χ2v) is 6.39. The van der Waals surface area contributed by atoms with E-state index in [4.69, 9.17) is 23.2 Å². The minimum Gasteiger partial charge on any atom is -0.252 e. The zero-order valence-electron chi connectivity index (χ0n) is 9.85. The normalized spacial score (nSPS) is 10.8. The molecule has 2 aromatic heterocycles. The first kappa shape index (κ1) is 13.9. The zero-order chi connectivity index (χ0) is 14.1. The van der Waals surface area contributed by atoms with E-state index < -0.39 is 0 Å². The summed E-state index contributed by atoms with van der Waals surface area (Å²) in [7, 11) is 0. The highest BCUT2D eigenvalue weighted by atomic mass is 79.9. The van der Waals surface area contributed by atoms with E-state index in [0.29, 0.717) is 21.7 Å². The minimum absolute atomic E-state index is 0.329. The van der Waals surface area contributed by atoms with Gasteiger partial charge in [-0.1, -0.05) is 51.3 Å². The van der Waals surface area contributed by atoms with Crippen LogP contribution in [0.1, 0.15) is 0 Å². The number of benzene rings is 1. The molecule has 20 heavy (non-hydrogen) atoms. The lowest BCUT2D eigenvalue weighted by Gasteiger charge is -2.07. The van der Waals surface area contributed by atoms with E-state index in [-0.39, 0.29) is 0 Å². The molecule has 0 radical (unpaired) electrons. The average molecular weight is 387 g/mol. The topological polar surface area (TPSA) is 38.7 Å². The van der Waals surface area contributed by atoms with Crippen LogP contribution in [-0.2, 0) is 0 Å². The maximum Gasteiger partial charge on any atom is 0.174 e. The first-order chi connectivity index (χ1) is 9.65. The Hall–Kier alpha value is -1.01. The molecule has 0 saturated heterocycles. The van der Waals surface area contributed by atoms with Gasteiger partial charge in [0.25, 0.3) is 0 Å². The molecule has 3 nitrogen and oxygen atoms in total. The maximum atomic E-state index is 6.26. The summed E-state index contributed by atoms with van der Waals surface area (Å²) in [6.07, 6.45) is 1.69. The quantitative estimate of drug-likeness (QED) is 0.558. The van der Waals surface area contributed by atoms with Crippen LogP contribution in [0.5, 0.6) is 0 Å². The van der Waals surface area contributed by atoms with Crippen molar-refractivity contribution in [2.45, 2.75) is 0 Å². The Morgan fingerprint density at radius 1 is 1.00 bits per heavy atom. The van der Waals surface area contributed by atoms with Crippen molar-refractivity contribution >= 4 is 50.5 Å². The van der Waals surface area contributed by atoms with Gasteiger partial charge in [-0.15, -0.1) is 11.3 Å². The average Bonchev–Trinajstić information content (AvgIpc) is 2.94. The van der Waals surface area contributed by atoms with Gasteiger partial charge in [0.15, 0.2) is 5.82 Å². The number of rotatable bonds is 2. The summed E-state index contributed by atoms with van der Waals surface area (Å²) in [5.41, 5.74) is 3.22. The first-order valence-electron chi connectivity index (χ1n) is 5.53. The number of thiazole rings is 1. The molecule has 0 N–H and O–H groups in total. The lowest BCUT2D eigenvalue weighted by Crippen LogP contribution is -1.93. The first-order valence-corrected chi connectivity index (χ1v) is 7.96. The van der Waals surface area contributed by atoms with Crippen molar-refractivity contribution in [1.82, 2.24) is 15.0 Å². The molecule has 0 aliphatic rings. The molecule has 2 heterocycles. The van der Waals surface area contributed by atoms with Gasteiger partial charge in [0.2, 0.25) is 0 Å². The molecule has 0 spiro atoms. The van der Waals surface area contributed by atoms with E-state index in [0.717, 1.165) is 14.9 Å². The molecule has 100 valence electrons. The Labute approximate surface area is 137 Å². The van der Waals surface area contributed by atoms with Crippen LogP contribution in [0.25, 0.3) is 21.8 Å². The highest BCUT2D eigenvalue weighted by molar-refractivity contribution is 9.10. The van der Waals surface area contributed by atoms with Crippen LogP contribution in [0.15, 0.2) is 40.4 Å². The third-order valence-corrected chi connectivity index (χ3v) is 4.45. The molecule has 3 rings (SSSR count). The van der Waals surface area contributed by atoms with Gasteiger partial charge >= 0.3 is 0 Å². The number of aromatic nitrogens is 3. The smallest absolute Gasteiger partial charge is 0.174 e. The highest BCUT2D eigenvalue weighted by Gasteiger charge is 2.15. The van der Waals surface area contributed by atoms with Crippen LogP contribution in [-0.4, -0.2) is 15.0 Å². The second-order valence-electron chi connectivity index (χ2n) is 3.88. The van der Waals surface area contributed by atoms with Crippen LogP contribution >= 0.6 is 50.5 Å². The monoisotopic (exact) mass is 385 g/mol. The summed E-state index contributed by atoms with van der Waals surface area (Å²) < 4.78 is 0.982. The number of nitrogens with zero attached hydrogens (tertiary/aromatic N) is 3. The van der Waals surface area contributed by atoms with Crippen molar-refractivity contribution in [3.8, 4) is 21.8 Å². The summed E-state index contributed by atoms with van der Waals surface area (Å²) >= 11 is 17.4. The number of hydrogen-bond donors (Lipinski definition) is 0. The molecule has 0 saturated carbocycles. The zero-order valence-corrected chi connectivity index (χ0v) is 13.8. The largest absolute Gasteiger partial charge is 0.252 e. The molecule has 0 bridgehead atoms. The van der Waals surface area contributed by atoms with Crippen molar-refractivity contribution in [3.63, 3.8) is 0 Å². The third-order valence-electron chi connectivity index (χ3n) is 2.61. The summed E-state index contributed by atoms with van der Waals surface area (Å²) in [4.78, 5) is 13.4. The fourth-order valence-corrected chi connectivity index (χ4v) is 3.12. The standard InChI is InChI=1S/C13H6BrCl2N3S/c14-8-3-1-7(2-4-8)10-11(15)18-13(19-12(10)16)9-5-17-6-20-9/h1-6H. The Kier molecular flexibility index (Phi) is 4.03. The highest BCUT2D eigenvalue weighted by Crippen LogP contribution is 2.35. The van der Waals surface area contributed by atoms with Gasteiger partial charge in [-0.05, 0) is 17.7 Å². The van der Waals surface area contributed by atoms with E-state index in [1.54, 1.807) is 11.7 Å². The Morgan fingerprint density at radius 3 is 2.20 bits per heavy atom. The van der Waals surface area contributed by atoms with E-state index in [9.17, 15) is 0 Å². The molecule has 0 aliphatic carbocycles. The fourth-order valence-electron chi connectivity index (χ4n) is 1.70. The van der Waals surface area contributed by atoms with E-state index >= 15 is 0 Å². The molecule has 0 atom stereocenters. The SMILES string of the molecule is Clc1nc(-c2cncs2)nc(Cl)c1-c1ccc(Br)cc1. The molecule has 0 unspecified atom stereocenters. The van der Waals surface area contributed by atoms with Crippen molar-refractivity contribution in [3.05, 3.63) is 50.8 Å². The van der Waals surface area contributed by atoms with Gasteiger partial charge < -0.3 is 0 Å². The van der Waals surface area contributed by atoms with Crippen molar-refractivity contribution in [1.29, 1.82) is 0 Å². The lowest BCUT2D eigenvalue weighted by molar-refractivity contribution is 1.18. The van der Waals surface area contributed by atoms with Crippen molar-refractivity contribution < 1.29 is 0 Å². The fraction of sp³-hybridized carbons (Fsp3) is 0. The number of halogens is 3. The molecule has 1 aromatic carbocycles. The Bertz CT molecular complexity index is 722. The molecule has 0 amide bonds. The van der Waals surface area contributed by atoms with Crippen LogP contribution in [0.4, 0.5) is 0 Å². The van der Waals surface area contributed by atoms with E-state index in [1.807, 2.05) is 24.3 Å². The second kappa shape index (κ2) is 5.77. The van der Waals surface area contributed by atoms with Gasteiger partial charge in [-0.2, -0.15) is 0 Å². The predicted molar refractivity (Wildman–Crippen MR) is 86.3 cm³/mol. The van der Waals surface area contributed by atoms with Gasteiger partial charge in [0.05, 0.1) is 16.0 Å². The van der Waals surface area contributed by atoms with Crippen LogP contribution in [0.3, 0.4) is 0 Å². The summed E-state index contributed by atoms with van der Waals surface area (Å²) in [5.74, 6) is 0.489. The lowest BCUT2D eigenvalue weighted by atomic mass is 10.1. The molecular weight excluding hydrogens is 381 g/mol. The Balaban J connectivity index is 2.11. The van der Waals surface area contributed by atoms with Crippen LogP contribution in [0, 0.1) is 0 Å². The maximum absolute atomic E-state index is 6.26. The van der Waals surface area contributed by atoms with Gasteiger partial charge in [-0.25, -0.2) is 9.97 Å². The van der Waals surface area contributed by atoms with Crippen molar-refractivity contribution in [2.24, 2.45) is 0 Å². The summed E-state index contributed by atoms with van der Waals surface area (Å²) in [5, 5.41) is 0.659. The molecule has 0 fully saturated rings. The van der Waals surface area contributed by atoms with E-state index in [2.05, 4.69) is 30.9 Å². The minimum atomic E-state index is 0.329. The van der Waals surface area contributed by atoms with Gasteiger partial charge in [0.1, 0.15) is 10.3 Å². The molecule has 7 heteroatoms. The third kappa shape index (κ3) is 2.72. The Morgan fingerprint density at radius 2 is 1.65 bits per heavy atom. The summed E-state index contributed by atoms with van der Waals surface area (Å²) in [6.45, 7) is 0.